The number of amides is 1. The van der Waals surface area contributed by atoms with E-state index < -0.39 is 5.41 Å². The van der Waals surface area contributed by atoms with Crippen LogP contribution in [0.3, 0.4) is 0 Å². The summed E-state index contributed by atoms with van der Waals surface area (Å²) in [6, 6.07) is 6.43. The molecule has 104 valence electrons. The minimum Gasteiger partial charge on any atom is -0.341 e. The molecule has 0 aliphatic rings. The highest BCUT2D eigenvalue weighted by molar-refractivity contribution is 7.09. The van der Waals surface area contributed by atoms with E-state index in [0.29, 0.717) is 12.8 Å². The molecule has 0 aliphatic carbocycles. The molecule has 1 atom stereocenters. The number of nitriles is 1. The molecule has 0 saturated heterocycles. The minimum atomic E-state index is -0.863. The Morgan fingerprint density at radius 3 is 2.58 bits per heavy atom. The Balaban J connectivity index is 2.78. The van der Waals surface area contributed by atoms with Gasteiger partial charge in [0.2, 0.25) is 5.91 Å². The first-order valence-electron chi connectivity index (χ1n) is 6.71. The largest absolute Gasteiger partial charge is 0.341 e. The fourth-order valence-electron chi connectivity index (χ4n) is 2.15. The second-order valence-corrected chi connectivity index (χ2v) is 5.98. The Hall–Kier alpha value is -1.34. The van der Waals surface area contributed by atoms with Gasteiger partial charge in [-0.3, -0.25) is 4.79 Å². The molecule has 1 aromatic heterocycles. The van der Waals surface area contributed by atoms with E-state index in [9.17, 15) is 10.1 Å². The number of rotatable bonds is 6. The van der Waals surface area contributed by atoms with Crippen molar-refractivity contribution in [1.29, 1.82) is 5.26 Å². The van der Waals surface area contributed by atoms with Crippen molar-refractivity contribution in [1.82, 2.24) is 4.90 Å². The van der Waals surface area contributed by atoms with Crippen LogP contribution in [0.15, 0.2) is 17.5 Å². The topological polar surface area (TPSA) is 44.1 Å². The molecule has 19 heavy (non-hydrogen) atoms. The van der Waals surface area contributed by atoms with Crippen LogP contribution in [0.4, 0.5) is 0 Å². The van der Waals surface area contributed by atoms with E-state index in [1.807, 2.05) is 32.2 Å². The summed E-state index contributed by atoms with van der Waals surface area (Å²) >= 11 is 1.70. The fraction of sp³-hybridized carbons (Fsp3) is 0.600. The summed E-state index contributed by atoms with van der Waals surface area (Å²) in [7, 11) is 1.80. The average Bonchev–Trinajstić information content (AvgIpc) is 2.93. The summed E-state index contributed by atoms with van der Waals surface area (Å²) in [4.78, 5) is 15.5. The Labute approximate surface area is 119 Å². The lowest BCUT2D eigenvalue weighted by atomic mass is 9.82. The summed E-state index contributed by atoms with van der Waals surface area (Å²) in [5, 5.41) is 11.4. The number of nitrogens with zero attached hydrogens (tertiary/aromatic N) is 2. The molecule has 4 heteroatoms. The van der Waals surface area contributed by atoms with Gasteiger partial charge in [0.25, 0.3) is 0 Å². The molecule has 1 heterocycles. The average molecular weight is 278 g/mol. The first-order valence-corrected chi connectivity index (χ1v) is 7.59. The van der Waals surface area contributed by atoms with Crippen molar-refractivity contribution in [3.8, 4) is 6.07 Å². The van der Waals surface area contributed by atoms with Crippen LogP contribution in [0, 0.1) is 16.7 Å². The second kappa shape index (κ2) is 6.72. The molecule has 1 amide bonds. The number of carbonyl (C=O) groups excluding carboxylic acids is 1. The van der Waals surface area contributed by atoms with Crippen molar-refractivity contribution in [2.75, 3.05) is 7.05 Å². The SMILES string of the molecule is CCC(C#N)(CC)C(=O)N(C)C(C)Cc1cccs1. The van der Waals surface area contributed by atoms with Gasteiger partial charge in [-0.15, -0.1) is 11.3 Å². The molecule has 0 N–H and O–H groups in total. The lowest BCUT2D eigenvalue weighted by Crippen LogP contribution is -2.45. The van der Waals surface area contributed by atoms with E-state index in [1.54, 1.807) is 23.3 Å². The van der Waals surface area contributed by atoms with Crippen LogP contribution < -0.4 is 0 Å². The summed E-state index contributed by atoms with van der Waals surface area (Å²) in [6.07, 6.45) is 1.97. The van der Waals surface area contributed by atoms with Crippen molar-refractivity contribution in [2.24, 2.45) is 5.41 Å². The normalized spacial score (nSPS) is 12.8. The van der Waals surface area contributed by atoms with Gasteiger partial charge in [0.05, 0.1) is 6.07 Å². The highest BCUT2D eigenvalue weighted by Gasteiger charge is 2.38. The zero-order chi connectivity index (χ0) is 14.5. The van der Waals surface area contributed by atoms with Crippen LogP contribution in [-0.4, -0.2) is 23.9 Å². The lowest BCUT2D eigenvalue weighted by molar-refractivity contribution is -0.139. The Bertz CT molecular complexity index is 443. The summed E-state index contributed by atoms with van der Waals surface area (Å²) in [6.45, 7) is 5.84. The highest BCUT2D eigenvalue weighted by Crippen LogP contribution is 2.29. The molecule has 0 fully saturated rings. The van der Waals surface area contributed by atoms with Gasteiger partial charge in [0, 0.05) is 24.4 Å². The molecule has 3 nitrogen and oxygen atoms in total. The molecule has 0 spiro atoms. The molecule has 1 aromatic rings. The van der Waals surface area contributed by atoms with E-state index in [-0.39, 0.29) is 11.9 Å². The van der Waals surface area contributed by atoms with Gasteiger partial charge < -0.3 is 4.90 Å². The predicted octanol–water partition coefficient (Wildman–Crippen LogP) is 3.47. The van der Waals surface area contributed by atoms with Crippen LogP contribution in [0.25, 0.3) is 0 Å². The molecule has 1 rings (SSSR count). The smallest absolute Gasteiger partial charge is 0.243 e. The molecule has 0 saturated carbocycles. The Morgan fingerprint density at radius 2 is 2.16 bits per heavy atom. The van der Waals surface area contributed by atoms with E-state index in [2.05, 4.69) is 12.1 Å². The highest BCUT2D eigenvalue weighted by atomic mass is 32.1. The summed E-state index contributed by atoms with van der Waals surface area (Å²) in [5.74, 6) is -0.0518. The maximum Gasteiger partial charge on any atom is 0.243 e. The lowest BCUT2D eigenvalue weighted by Gasteiger charge is -2.32. The van der Waals surface area contributed by atoms with Gasteiger partial charge in [-0.05, 0) is 31.2 Å². The second-order valence-electron chi connectivity index (χ2n) is 4.95. The number of carbonyl (C=O) groups is 1. The van der Waals surface area contributed by atoms with E-state index in [0.717, 1.165) is 6.42 Å². The molecule has 0 aromatic carbocycles. The number of thiophene rings is 1. The maximum absolute atomic E-state index is 12.5. The van der Waals surface area contributed by atoms with Crippen LogP contribution >= 0.6 is 11.3 Å². The van der Waals surface area contributed by atoms with Gasteiger partial charge in [0.15, 0.2) is 0 Å². The number of hydrogen-bond donors (Lipinski definition) is 0. The first-order chi connectivity index (χ1) is 9.00. The molecular weight excluding hydrogens is 256 g/mol. The van der Waals surface area contributed by atoms with E-state index in [1.165, 1.54) is 4.88 Å². The Kier molecular flexibility index (Phi) is 5.56. The third-order valence-electron chi connectivity index (χ3n) is 3.89. The molecule has 0 bridgehead atoms. The first kappa shape index (κ1) is 15.7. The summed E-state index contributed by atoms with van der Waals surface area (Å²) in [5.41, 5.74) is -0.863. The molecular formula is C15H22N2OS. The van der Waals surface area contributed by atoms with Gasteiger partial charge in [-0.1, -0.05) is 19.9 Å². The van der Waals surface area contributed by atoms with Crippen molar-refractivity contribution in [3.63, 3.8) is 0 Å². The third kappa shape index (κ3) is 3.36. The monoisotopic (exact) mass is 278 g/mol. The van der Waals surface area contributed by atoms with Crippen LogP contribution in [0.5, 0.6) is 0 Å². The minimum absolute atomic E-state index is 0.0518. The van der Waals surface area contributed by atoms with Gasteiger partial charge in [-0.25, -0.2) is 0 Å². The van der Waals surface area contributed by atoms with Gasteiger partial charge in [0.1, 0.15) is 5.41 Å². The number of hydrogen-bond acceptors (Lipinski definition) is 3. The third-order valence-corrected chi connectivity index (χ3v) is 4.79. The molecule has 0 aliphatic heterocycles. The number of likely N-dealkylation sites (N-methyl/N-ethyl adjacent to an activating group) is 1. The van der Waals surface area contributed by atoms with E-state index in [4.69, 9.17) is 0 Å². The van der Waals surface area contributed by atoms with Crippen LogP contribution in [0.2, 0.25) is 0 Å². The standard InChI is InChI=1S/C15H22N2OS/c1-5-15(6-2,11-16)14(18)17(4)12(3)10-13-8-7-9-19-13/h7-9,12H,5-6,10H2,1-4H3. The summed E-state index contributed by atoms with van der Waals surface area (Å²) < 4.78 is 0. The Morgan fingerprint density at radius 1 is 1.53 bits per heavy atom. The van der Waals surface area contributed by atoms with E-state index >= 15 is 0 Å². The quantitative estimate of drug-likeness (QED) is 0.799. The molecule has 0 radical (unpaired) electrons. The van der Waals surface area contributed by atoms with Crippen molar-refractivity contribution in [2.45, 2.75) is 46.1 Å². The zero-order valence-corrected chi connectivity index (χ0v) is 13.0. The van der Waals surface area contributed by atoms with Gasteiger partial charge >= 0.3 is 0 Å². The fourth-order valence-corrected chi connectivity index (χ4v) is 2.98. The van der Waals surface area contributed by atoms with Crippen molar-refractivity contribution in [3.05, 3.63) is 22.4 Å². The predicted molar refractivity (Wildman–Crippen MR) is 78.9 cm³/mol. The zero-order valence-electron chi connectivity index (χ0n) is 12.1. The van der Waals surface area contributed by atoms with Crippen LogP contribution in [-0.2, 0) is 11.2 Å². The van der Waals surface area contributed by atoms with Crippen LogP contribution in [0.1, 0.15) is 38.5 Å². The molecule has 1 unspecified atom stereocenters. The van der Waals surface area contributed by atoms with Crippen molar-refractivity contribution < 1.29 is 4.79 Å². The van der Waals surface area contributed by atoms with Crippen molar-refractivity contribution >= 4 is 17.2 Å². The van der Waals surface area contributed by atoms with Gasteiger partial charge in [-0.2, -0.15) is 5.26 Å². The maximum atomic E-state index is 12.5.